The van der Waals surface area contributed by atoms with Crippen molar-refractivity contribution in [1.29, 1.82) is 0 Å². The molecule has 5 amide bonds. The summed E-state index contributed by atoms with van der Waals surface area (Å²) in [6, 6.07) is 3.53. The number of halogens is 1. The monoisotopic (exact) mass is 309 g/mol. The maximum Gasteiger partial charge on any atom is 0.325 e. The van der Waals surface area contributed by atoms with Gasteiger partial charge in [0.15, 0.2) is 0 Å². The largest absolute Gasteiger partial charge is 0.325 e. The Morgan fingerprint density at radius 1 is 1.19 bits per heavy atom. The fraction of sp³-hybridized carbons (Fsp3) is 0.231. The number of urea groups is 1. The zero-order valence-corrected chi connectivity index (χ0v) is 12.0. The van der Waals surface area contributed by atoms with Crippen molar-refractivity contribution in [2.45, 2.75) is 12.3 Å². The van der Waals surface area contributed by atoms with Crippen molar-refractivity contribution in [3.8, 4) is 0 Å². The maximum absolute atomic E-state index is 11.8. The van der Waals surface area contributed by atoms with Crippen molar-refractivity contribution in [1.82, 2.24) is 10.2 Å². The normalized spacial score (nSPS) is 14.7. The van der Waals surface area contributed by atoms with Gasteiger partial charge in [-0.15, -0.1) is 11.6 Å². The Hall–Kier alpha value is -2.41. The Balaban J connectivity index is 2.14. The van der Waals surface area contributed by atoms with Gasteiger partial charge in [0.2, 0.25) is 5.91 Å². The molecule has 110 valence electrons. The van der Waals surface area contributed by atoms with E-state index in [0.717, 1.165) is 4.90 Å². The molecule has 1 aliphatic rings. The third kappa shape index (κ3) is 2.87. The number of hydrogen-bond donors (Lipinski definition) is 2. The molecular weight excluding hydrogens is 298 g/mol. The van der Waals surface area contributed by atoms with Crippen molar-refractivity contribution < 1.29 is 19.2 Å². The van der Waals surface area contributed by atoms with Crippen LogP contribution in [-0.2, 0) is 4.79 Å². The second kappa shape index (κ2) is 5.53. The van der Waals surface area contributed by atoms with Gasteiger partial charge in [-0.2, -0.15) is 0 Å². The highest BCUT2D eigenvalue weighted by atomic mass is 35.5. The Morgan fingerprint density at radius 3 is 2.43 bits per heavy atom. The van der Waals surface area contributed by atoms with E-state index in [0.29, 0.717) is 0 Å². The van der Waals surface area contributed by atoms with Crippen LogP contribution in [0.3, 0.4) is 0 Å². The third-order valence-electron chi connectivity index (χ3n) is 2.95. The molecule has 0 spiro atoms. The van der Waals surface area contributed by atoms with E-state index in [4.69, 9.17) is 11.6 Å². The summed E-state index contributed by atoms with van der Waals surface area (Å²) in [6.07, 6.45) is 0. The Bertz CT molecular complexity index is 657. The number of fused-ring (bicyclic) bond motifs is 1. The molecule has 2 N–H and O–H groups in total. The summed E-state index contributed by atoms with van der Waals surface area (Å²) in [5.41, 5.74) is 0.772. The van der Waals surface area contributed by atoms with Crippen LogP contribution in [0, 0.1) is 0 Å². The summed E-state index contributed by atoms with van der Waals surface area (Å²) < 4.78 is 0. The molecule has 1 aromatic carbocycles. The van der Waals surface area contributed by atoms with Gasteiger partial charge in [0.05, 0.1) is 11.1 Å². The molecule has 0 saturated heterocycles. The number of imide groups is 2. The first-order valence-electron chi connectivity index (χ1n) is 6.03. The summed E-state index contributed by atoms with van der Waals surface area (Å²) in [7, 11) is 1.38. The maximum atomic E-state index is 11.8. The summed E-state index contributed by atoms with van der Waals surface area (Å²) >= 11 is 5.52. The molecule has 0 bridgehead atoms. The first kappa shape index (κ1) is 15.0. The highest BCUT2D eigenvalue weighted by Crippen LogP contribution is 2.24. The van der Waals surface area contributed by atoms with Gasteiger partial charge in [0, 0.05) is 12.7 Å². The highest BCUT2D eigenvalue weighted by Gasteiger charge is 2.32. The molecule has 1 heterocycles. The number of amides is 5. The van der Waals surface area contributed by atoms with Crippen molar-refractivity contribution >= 4 is 41.0 Å². The Morgan fingerprint density at radius 2 is 1.81 bits per heavy atom. The van der Waals surface area contributed by atoms with E-state index in [1.807, 2.05) is 5.32 Å². The van der Waals surface area contributed by atoms with Gasteiger partial charge in [0.25, 0.3) is 11.8 Å². The molecule has 21 heavy (non-hydrogen) atoms. The smallest absolute Gasteiger partial charge is 0.308 e. The average molecular weight is 310 g/mol. The van der Waals surface area contributed by atoms with Crippen LogP contribution >= 0.6 is 11.6 Å². The number of benzene rings is 1. The lowest BCUT2D eigenvalue weighted by molar-refractivity contribution is -0.119. The molecule has 0 radical (unpaired) electrons. The van der Waals surface area contributed by atoms with Crippen LogP contribution in [0.4, 0.5) is 10.5 Å². The molecule has 0 aromatic heterocycles. The van der Waals surface area contributed by atoms with E-state index in [1.54, 1.807) is 0 Å². The first-order chi connectivity index (χ1) is 9.81. The van der Waals surface area contributed by atoms with Gasteiger partial charge in [-0.3, -0.25) is 24.6 Å². The number of alkyl halides is 1. The van der Waals surface area contributed by atoms with E-state index < -0.39 is 29.1 Å². The summed E-state index contributed by atoms with van der Waals surface area (Å²) in [6.45, 7) is 1.43. The minimum Gasteiger partial charge on any atom is -0.308 e. The Kier molecular flexibility index (Phi) is 3.95. The SMILES string of the molecule is CC(Cl)C(=O)NC(=O)Nc1ccc2c(c1)C(=O)N(C)C2=O. The molecule has 1 atom stereocenters. The summed E-state index contributed by atoms with van der Waals surface area (Å²) in [5.74, 6) is -1.47. The molecule has 8 heteroatoms. The fourth-order valence-electron chi connectivity index (χ4n) is 1.81. The second-order valence-corrected chi connectivity index (χ2v) is 5.14. The van der Waals surface area contributed by atoms with Gasteiger partial charge in [-0.25, -0.2) is 4.79 Å². The van der Waals surface area contributed by atoms with Gasteiger partial charge >= 0.3 is 6.03 Å². The van der Waals surface area contributed by atoms with E-state index in [-0.39, 0.29) is 16.8 Å². The van der Waals surface area contributed by atoms with Crippen LogP contribution in [0.5, 0.6) is 0 Å². The molecule has 0 fully saturated rings. The molecule has 7 nitrogen and oxygen atoms in total. The number of nitrogens with zero attached hydrogens (tertiary/aromatic N) is 1. The van der Waals surface area contributed by atoms with Crippen LogP contribution in [0.1, 0.15) is 27.6 Å². The average Bonchev–Trinajstić information content (AvgIpc) is 2.63. The lowest BCUT2D eigenvalue weighted by Gasteiger charge is -2.08. The standard InChI is InChI=1S/C13H12ClN3O4/c1-6(14)10(18)16-13(21)15-7-3-4-8-9(5-7)12(20)17(2)11(8)19/h3-6H,1-2H3,(H2,15,16,18,21). The Labute approximate surface area is 125 Å². The van der Waals surface area contributed by atoms with Gasteiger partial charge < -0.3 is 5.32 Å². The molecule has 1 aromatic rings. The van der Waals surface area contributed by atoms with Gasteiger partial charge in [-0.05, 0) is 25.1 Å². The molecular formula is C13H12ClN3O4. The van der Waals surface area contributed by atoms with Crippen molar-refractivity contribution in [3.63, 3.8) is 0 Å². The predicted molar refractivity (Wildman–Crippen MR) is 75.3 cm³/mol. The molecule has 1 aliphatic heterocycles. The number of carbonyl (C=O) groups is 4. The van der Waals surface area contributed by atoms with Crippen molar-refractivity contribution in [2.24, 2.45) is 0 Å². The van der Waals surface area contributed by atoms with Crippen LogP contribution in [0.2, 0.25) is 0 Å². The van der Waals surface area contributed by atoms with Crippen LogP contribution in [-0.4, -0.2) is 41.1 Å². The summed E-state index contributed by atoms with van der Waals surface area (Å²) in [5, 5.41) is 3.59. The van der Waals surface area contributed by atoms with Crippen molar-refractivity contribution in [2.75, 3.05) is 12.4 Å². The van der Waals surface area contributed by atoms with E-state index in [9.17, 15) is 19.2 Å². The lowest BCUT2D eigenvalue weighted by atomic mass is 10.1. The zero-order valence-electron chi connectivity index (χ0n) is 11.3. The number of rotatable bonds is 2. The molecule has 0 saturated carbocycles. The van der Waals surface area contributed by atoms with Crippen LogP contribution in [0.25, 0.3) is 0 Å². The molecule has 1 unspecified atom stereocenters. The van der Waals surface area contributed by atoms with Gasteiger partial charge in [0.1, 0.15) is 5.38 Å². The third-order valence-corrected chi connectivity index (χ3v) is 3.14. The van der Waals surface area contributed by atoms with Crippen LogP contribution in [0.15, 0.2) is 18.2 Å². The van der Waals surface area contributed by atoms with Crippen molar-refractivity contribution in [3.05, 3.63) is 29.3 Å². The fourth-order valence-corrected chi connectivity index (χ4v) is 1.87. The van der Waals surface area contributed by atoms with Crippen LogP contribution < -0.4 is 10.6 Å². The number of anilines is 1. The number of hydrogen-bond acceptors (Lipinski definition) is 4. The first-order valence-corrected chi connectivity index (χ1v) is 6.47. The highest BCUT2D eigenvalue weighted by molar-refractivity contribution is 6.31. The van der Waals surface area contributed by atoms with E-state index in [2.05, 4.69) is 5.32 Å². The topological polar surface area (TPSA) is 95.6 Å². The second-order valence-electron chi connectivity index (χ2n) is 4.49. The minimum atomic E-state index is -0.844. The van der Waals surface area contributed by atoms with E-state index in [1.165, 1.54) is 32.2 Å². The predicted octanol–water partition coefficient (Wildman–Crippen LogP) is 1.19. The molecule has 2 rings (SSSR count). The minimum absolute atomic E-state index is 0.206. The van der Waals surface area contributed by atoms with Gasteiger partial charge in [-0.1, -0.05) is 0 Å². The zero-order chi connectivity index (χ0) is 15.7. The van der Waals surface area contributed by atoms with E-state index >= 15 is 0 Å². The summed E-state index contributed by atoms with van der Waals surface area (Å²) in [4.78, 5) is 47.4. The lowest BCUT2D eigenvalue weighted by Crippen LogP contribution is -2.38. The number of nitrogens with one attached hydrogen (secondary N) is 2. The molecule has 0 aliphatic carbocycles. The quantitative estimate of drug-likeness (QED) is 0.633. The number of carbonyl (C=O) groups excluding carboxylic acids is 4.